The van der Waals surface area contributed by atoms with Crippen molar-refractivity contribution in [1.29, 1.82) is 0 Å². The Kier molecular flexibility index (Phi) is 6.36. The molecule has 0 saturated heterocycles. The topological polar surface area (TPSA) is 38.8 Å². The van der Waals surface area contributed by atoms with Crippen LogP contribution in [0.5, 0.6) is 11.5 Å². The minimum Gasteiger partial charge on any atom is -0.493 e. The Hall–Kier alpha value is -1.55. The van der Waals surface area contributed by atoms with Crippen molar-refractivity contribution in [2.24, 2.45) is 0 Å². The number of methoxy groups -OCH3 is 2. The summed E-state index contributed by atoms with van der Waals surface area (Å²) in [4.78, 5) is 13.1. The van der Waals surface area contributed by atoms with Crippen LogP contribution in [-0.2, 0) is 11.3 Å². The highest BCUT2D eigenvalue weighted by atomic mass is 16.5. The molecule has 0 saturated carbocycles. The monoisotopic (exact) mass is 265 g/mol. The van der Waals surface area contributed by atoms with Gasteiger partial charge >= 0.3 is 0 Å². The third kappa shape index (κ3) is 5.30. The van der Waals surface area contributed by atoms with Crippen molar-refractivity contribution < 1.29 is 14.3 Å². The summed E-state index contributed by atoms with van der Waals surface area (Å²) in [5.41, 5.74) is 1.17. The summed E-state index contributed by atoms with van der Waals surface area (Å²) < 4.78 is 10.5. The highest BCUT2D eigenvalue weighted by Crippen LogP contribution is 2.27. The summed E-state index contributed by atoms with van der Waals surface area (Å²) in [7, 11) is 5.32. The minimum atomic E-state index is 0.250. The van der Waals surface area contributed by atoms with Crippen molar-refractivity contribution >= 4 is 5.78 Å². The molecule has 106 valence electrons. The molecule has 0 fully saturated rings. The summed E-state index contributed by atoms with van der Waals surface area (Å²) in [6, 6.07) is 5.93. The predicted molar refractivity (Wildman–Crippen MR) is 75.8 cm³/mol. The molecule has 0 heterocycles. The molecule has 0 radical (unpaired) electrons. The van der Waals surface area contributed by atoms with Crippen molar-refractivity contribution in [3.8, 4) is 11.5 Å². The maximum atomic E-state index is 10.9. The second-order valence-electron chi connectivity index (χ2n) is 4.73. The van der Waals surface area contributed by atoms with E-state index >= 15 is 0 Å². The molecule has 0 N–H and O–H groups in total. The molecule has 4 nitrogen and oxygen atoms in total. The molecule has 0 aliphatic carbocycles. The van der Waals surface area contributed by atoms with Crippen LogP contribution in [0.3, 0.4) is 0 Å². The Balaban J connectivity index is 2.54. The zero-order valence-corrected chi connectivity index (χ0v) is 12.2. The van der Waals surface area contributed by atoms with E-state index in [1.807, 2.05) is 18.2 Å². The summed E-state index contributed by atoms with van der Waals surface area (Å²) in [6.45, 7) is 3.38. The molecule has 0 spiro atoms. The first kappa shape index (κ1) is 15.5. The van der Waals surface area contributed by atoms with E-state index in [0.717, 1.165) is 31.0 Å². The van der Waals surface area contributed by atoms with Crippen molar-refractivity contribution in [2.75, 3.05) is 27.8 Å². The van der Waals surface area contributed by atoms with Gasteiger partial charge in [-0.3, -0.25) is 0 Å². The number of nitrogens with zero attached hydrogens (tertiary/aromatic N) is 1. The first-order valence-electron chi connectivity index (χ1n) is 6.45. The number of carbonyl (C=O) groups is 1. The van der Waals surface area contributed by atoms with Gasteiger partial charge in [0.1, 0.15) is 5.78 Å². The zero-order chi connectivity index (χ0) is 14.3. The third-order valence-electron chi connectivity index (χ3n) is 2.97. The normalized spacial score (nSPS) is 10.6. The SMILES string of the molecule is COc1ccc(CN(C)CCCC(C)=O)cc1OC. The Morgan fingerprint density at radius 3 is 2.47 bits per heavy atom. The van der Waals surface area contributed by atoms with E-state index in [0.29, 0.717) is 6.42 Å². The van der Waals surface area contributed by atoms with Crippen molar-refractivity contribution in [1.82, 2.24) is 4.90 Å². The smallest absolute Gasteiger partial charge is 0.161 e. The van der Waals surface area contributed by atoms with Crippen molar-refractivity contribution in [2.45, 2.75) is 26.3 Å². The molecule has 1 aromatic carbocycles. The predicted octanol–water partition coefficient (Wildman–Crippen LogP) is 2.50. The lowest BCUT2D eigenvalue weighted by Gasteiger charge is -2.17. The molecule has 0 bridgehead atoms. The van der Waals surface area contributed by atoms with Gasteiger partial charge in [-0.15, -0.1) is 0 Å². The Morgan fingerprint density at radius 2 is 1.89 bits per heavy atom. The average Bonchev–Trinajstić information content (AvgIpc) is 2.38. The number of ether oxygens (including phenoxy) is 2. The number of Topliss-reactive ketones (excluding diaryl/α,β-unsaturated/α-hetero) is 1. The fraction of sp³-hybridized carbons (Fsp3) is 0.533. The third-order valence-corrected chi connectivity index (χ3v) is 2.97. The van der Waals surface area contributed by atoms with E-state index in [-0.39, 0.29) is 5.78 Å². The van der Waals surface area contributed by atoms with Crippen LogP contribution in [0.1, 0.15) is 25.3 Å². The van der Waals surface area contributed by atoms with Gasteiger partial charge in [0.25, 0.3) is 0 Å². The fourth-order valence-electron chi connectivity index (χ4n) is 1.97. The summed E-state index contributed by atoms with van der Waals surface area (Å²) in [5, 5.41) is 0. The van der Waals surface area contributed by atoms with Gasteiger partial charge < -0.3 is 19.2 Å². The maximum Gasteiger partial charge on any atom is 0.161 e. The Morgan fingerprint density at radius 1 is 1.21 bits per heavy atom. The molecule has 0 amide bonds. The minimum absolute atomic E-state index is 0.250. The van der Waals surface area contributed by atoms with Crippen molar-refractivity contribution in [3.05, 3.63) is 23.8 Å². The highest BCUT2D eigenvalue weighted by molar-refractivity contribution is 5.75. The average molecular weight is 265 g/mol. The molecular weight excluding hydrogens is 242 g/mol. The van der Waals surface area contributed by atoms with Crippen molar-refractivity contribution in [3.63, 3.8) is 0 Å². The zero-order valence-electron chi connectivity index (χ0n) is 12.2. The molecule has 0 aromatic heterocycles. The van der Waals surface area contributed by atoms with Crippen LogP contribution < -0.4 is 9.47 Å². The molecule has 1 rings (SSSR count). The number of hydrogen-bond donors (Lipinski definition) is 0. The van der Waals surface area contributed by atoms with E-state index in [4.69, 9.17) is 9.47 Å². The van der Waals surface area contributed by atoms with Crippen LogP contribution in [0, 0.1) is 0 Å². The lowest BCUT2D eigenvalue weighted by atomic mass is 10.1. The van der Waals surface area contributed by atoms with Gasteiger partial charge in [-0.1, -0.05) is 6.07 Å². The van der Waals surface area contributed by atoms with Gasteiger partial charge in [0.2, 0.25) is 0 Å². The molecule has 0 unspecified atom stereocenters. The Bertz CT molecular complexity index is 418. The lowest BCUT2D eigenvalue weighted by Crippen LogP contribution is -2.19. The standard InChI is InChI=1S/C15H23NO3/c1-12(17)6-5-9-16(2)11-13-7-8-14(18-3)15(10-13)19-4/h7-8,10H,5-6,9,11H2,1-4H3. The van der Waals surface area contributed by atoms with E-state index < -0.39 is 0 Å². The lowest BCUT2D eigenvalue weighted by molar-refractivity contribution is -0.117. The van der Waals surface area contributed by atoms with Gasteiger partial charge in [0.05, 0.1) is 14.2 Å². The van der Waals surface area contributed by atoms with Gasteiger partial charge in [-0.05, 0) is 44.6 Å². The van der Waals surface area contributed by atoms with E-state index in [1.54, 1.807) is 21.1 Å². The summed E-state index contributed by atoms with van der Waals surface area (Å²) >= 11 is 0. The number of ketones is 1. The number of rotatable bonds is 8. The van der Waals surface area contributed by atoms with E-state index in [9.17, 15) is 4.79 Å². The van der Waals surface area contributed by atoms with Crippen LogP contribution in [0.25, 0.3) is 0 Å². The molecule has 0 atom stereocenters. The maximum absolute atomic E-state index is 10.9. The van der Waals surface area contributed by atoms with Crippen LogP contribution in [0.15, 0.2) is 18.2 Å². The van der Waals surface area contributed by atoms with E-state index in [2.05, 4.69) is 11.9 Å². The van der Waals surface area contributed by atoms with Crippen LogP contribution >= 0.6 is 0 Å². The molecule has 0 aliphatic heterocycles. The molecule has 19 heavy (non-hydrogen) atoms. The first-order chi connectivity index (χ1) is 9.06. The van der Waals surface area contributed by atoms with Gasteiger partial charge in [-0.25, -0.2) is 0 Å². The van der Waals surface area contributed by atoms with Crippen LogP contribution in [0.2, 0.25) is 0 Å². The number of carbonyl (C=O) groups excluding carboxylic acids is 1. The second-order valence-corrected chi connectivity index (χ2v) is 4.73. The van der Waals surface area contributed by atoms with Gasteiger partial charge in [-0.2, -0.15) is 0 Å². The molecule has 0 aliphatic rings. The fourth-order valence-corrected chi connectivity index (χ4v) is 1.97. The molecule has 1 aromatic rings. The molecular formula is C15H23NO3. The first-order valence-corrected chi connectivity index (χ1v) is 6.45. The summed E-state index contributed by atoms with van der Waals surface area (Å²) in [5.74, 6) is 1.74. The number of benzene rings is 1. The quantitative estimate of drug-likeness (QED) is 0.724. The second kappa shape index (κ2) is 7.79. The molecule has 4 heteroatoms. The Labute approximate surface area is 115 Å². The highest BCUT2D eigenvalue weighted by Gasteiger charge is 2.06. The van der Waals surface area contributed by atoms with Gasteiger partial charge in [0.15, 0.2) is 11.5 Å². The summed E-state index contributed by atoms with van der Waals surface area (Å²) in [6.07, 6.45) is 1.55. The van der Waals surface area contributed by atoms with Crippen LogP contribution in [-0.4, -0.2) is 38.5 Å². The van der Waals surface area contributed by atoms with E-state index in [1.165, 1.54) is 5.56 Å². The number of hydrogen-bond acceptors (Lipinski definition) is 4. The largest absolute Gasteiger partial charge is 0.493 e. The van der Waals surface area contributed by atoms with Gasteiger partial charge in [0, 0.05) is 13.0 Å². The van der Waals surface area contributed by atoms with Crippen LogP contribution in [0.4, 0.5) is 0 Å².